The lowest BCUT2D eigenvalue weighted by atomic mass is 10.0. The number of imidazole rings is 1. The maximum absolute atomic E-state index is 12.9. The third kappa shape index (κ3) is 2.71. The first-order valence-electron chi connectivity index (χ1n) is 8.69. The van der Waals surface area contributed by atoms with Crippen molar-refractivity contribution in [3.05, 3.63) is 39.6 Å². The molecule has 1 saturated heterocycles. The van der Waals surface area contributed by atoms with E-state index in [0.29, 0.717) is 6.04 Å². The van der Waals surface area contributed by atoms with Gasteiger partial charge in [-0.2, -0.15) is 0 Å². The molecule has 23 heavy (non-hydrogen) atoms. The summed E-state index contributed by atoms with van der Waals surface area (Å²) in [4.78, 5) is 21.7. The van der Waals surface area contributed by atoms with Crippen LogP contribution in [-0.2, 0) is 19.3 Å². The normalized spacial score (nSPS) is 20.7. The van der Waals surface area contributed by atoms with Crippen LogP contribution >= 0.6 is 11.3 Å². The SMILES string of the molecule is CCc1nccn1[C@H]1CCCN(C(=O)c2cc3c(s2)CCC3)C1. The zero-order valence-corrected chi connectivity index (χ0v) is 14.4. The van der Waals surface area contributed by atoms with Crippen LogP contribution < -0.4 is 0 Å². The first-order valence-corrected chi connectivity index (χ1v) is 9.50. The Morgan fingerprint density at radius 1 is 1.39 bits per heavy atom. The summed E-state index contributed by atoms with van der Waals surface area (Å²) in [7, 11) is 0. The van der Waals surface area contributed by atoms with Gasteiger partial charge in [-0.15, -0.1) is 11.3 Å². The van der Waals surface area contributed by atoms with Crippen molar-refractivity contribution in [1.82, 2.24) is 14.5 Å². The maximum atomic E-state index is 12.9. The Hall–Kier alpha value is -1.62. The Kier molecular flexibility index (Phi) is 3.97. The number of likely N-dealkylation sites (tertiary alicyclic amines) is 1. The van der Waals surface area contributed by atoms with Gasteiger partial charge in [0.25, 0.3) is 5.91 Å². The van der Waals surface area contributed by atoms with Gasteiger partial charge in [-0.1, -0.05) is 6.92 Å². The lowest BCUT2D eigenvalue weighted by Crippen LogP contribution is -2.40. The highest BCUT2D eigenvalue weighted by Crippen LogP contribution is 2.32. The zero-order chi connectivity index (χ0) is 15.8. The number of aryl methyl sites for hydroxylation is 3. The lowest BCUT2D eigenvalue weighted by molar-refractivity contribution is 0.0683. The van der Waals surface area contributed by atoms with E-state index < -0.39 is 0 Å². The predicted octanol–water partition coefficient (Wildman–Crippen LogP) is 3.47. The number of nitrogens with zero attached hydrogens (tertiary/aromatic N) is 3. The molecule has 0 bridgehead atoms. The van der Waals surface area contributed by atoms with Crippen LogP contribution in [0.3, 0.4) is 0 Å². The minimum absolute atomic E-state index is 0.229. The van der Waals surface area contributed by atoms with E-state index in [9.17, 15) is 4.79 Å². The van der Waals surface area contributed by atoms with Gasteiger partial charge in [-0.3, -0.25) is 4.79 Å². The van der Waals surface area contributed by atoms with E-state index in [1.807, 2.05) is 6.20 Å². The minimum atomic E-state index is 0.229. The molecule has 4 rings (SSSR count). The summed E-state index contributed by atoms with van der Waals surface area (Å²) in [5.41, 5.74) is 1.41. The van der Waals surface area contributed by atoms with Crippen molar-refractivity contribution < 1.29 is 4.79 Å². The number of hydrogen-bond donors (Lipinski definition) is 0. The van der Waals surface area contributed by atoms with Crippen molar-refractivity contribution in [2.45, 2.75) is 51.5 Å². The van der Waals surface area contributed by atoms with Crippen LogP contribution in [-0.4, -0.2) is 33.4 Å². The molecule has 1 aliphatic carbocycles. The van der Waals surface area contributed by atoms with Crippen molar-refractivity contribution in [3.8, 4) is 0 Å². The van der Waals surface area contributed by atoms with Gasteiger partial charge in [-0.25, -0.2) is 4.98 Å². The average molecular weight is 329 g/mol. The van der Waals surface area contributed by atoms with E-state index in [0.717, 1.165) is 55.9 Å². The lowest BCUT2D eigenvalue weighted by Gasteiger charge is -2.34. The Balaban J connectivity index is 1.51. The second-order valence-electron chi connectivity index (χ2n) is 6.56. The molecule has 1 atom stereocenters. The summed E-state index contributed by atoms with van der Waals surface area (Å²) in [5, 5.41) is 0. The van der Waals surface area contributed by atoms with E-state index in [1.54, 1.807) is 11.3 Å². The number of carbonyl (C=O) groups is 1. The molecule has 0 saturated carbocycles. The third-order valence-electron chi connectivity index (χ3n) is 5.10. The molecule has 3 heterocycles. The molecular weight excluding hydrogens is 306 g/mol. The molecule has 0 radical (unpaired) electrons. The van der Waals surface area contributed by atoms with E-state index in [1.165, 1.54) is 16.9 Å². The van der Waals surface area contributed by atoms with Gasteiger partial charge in [0.05, 0.1) is 10.9 Å². The molecule has 0 N–H and O–H groups in total. The van der Waals surface area contributed by atoms with Crippen molar-refractivity contribution in [2.24, 2.45) is 0 Å². The fraction of sp³-hybridized carbons (Fsp3) is 0.556. The highest BCUT2D eigenvalue weighted by atomic mass is 32.1. The summed E-state index contributed by atoms with van der Waals surface area (Å²) in [6, 6.07) is 2.52. The summed E-state index contributed by atoms with van der Waals surface area (Å²) >= 11 is 1.72. The van der Waals surface area contributed by atoms with Crippen LogP contribution in [0, 0.1) is 0 Å². The monoisotopic (exact) mass is 329 g/mol. The van der Waals surface area contributed by atoms with Crippen molar-refractivity contribution in [2.75, 3.05) is 13.1 Å². The second-order valence-corrected chi connectivity index (χ2v) is 7.70. The fourth-order valence-electron chi connectivity index (χ4n) is 3.91. The van der Waals surface area contributed by atoms with Crippen molar-refractivity contribution in [1.29, 1.82) is 0 Å². The van der Waals surface area contributed by atoms with Crippen LogP contribution in [0.25, 0.3) is 0 Å². The van der Waals surface area contributed by atoms with E-state index in [2.05, 4.69) is 33.6 Å². The number of carbonyl (C=O) groups excluding carboxylic acids is 1. The van der Waals surface area contributed by atoms with Crippen LogP contribution in [0.2, 0.25) is 0 Å². The quantitative estimate of drug-likeness (QED) is 0.865. The summed E-state index contributed by atoms with van der Waals surface area (Å²) in [6.45, 7) is 3.83. The third-order valence-corrected chi connectivity index (χ3v) is 6.32. The van der Waals surface area contributed by atoms with Crippen LogP contribution in [0.5, 0.6) is 0 Å². The van der Waals surface area contributed by atoms with Crippen LogP contribution in [0.15, 0.2) is 18.5 Å². The molecular formula is C18H23N3OS. The second kappa shape index (κ2) is 6.11. The highest BCUT2D eigenvalue weighted by Gasteiger charge is 2.28. The molecule has 2 aromatic heterocycles. The van der Waals surface area contributed by atoms with E-state index >= 15 is 0 Å². The molecule has 1 fully saturated rings. The van der Waals surface area contributed by atoms with Crippen LogP contribution in [0.4, 0.5) is 0 Å². The number of aromatic nitrogens is 2. The fourth-order valence-corrected chi connectivity index (χ4v) is 5.13. The predicted molar refractivity (Wildman–Crippen MR) is 92.1 cm³/mol. The number of fused-ring (bicyclic) bond motifs is 1. The first-order chi connectivity index (χ1) is 11.3. The van der Waals surface area contributed by atoms with Gasteiger partial charge in [0, 0.05) is 36.8 Å². The van der Waals surface area contributed by atoms with Gasteiger partial charge in [0.15, 0.2) is 0 Å². The number of amides is 1. The molecule has 1 aliphatic heterocycles. The summed E-state index contributed by atoms with van der Waals surface area (Å²) in [6.07, 6.45) is 10.6. The van der Waals surface area contributed by atoms with E-state index in [-0.39, 0.29) is 5.91 Å². The Bertz CT molecular complexity index is 696. The largest absolute Gasteiger partial charge is 0.336 e. The molecule has 0 spiro atoms. The van der Waals surface area contributed by atoms with Crippen LogP contribution in [0.1, 0.15) is 58.2 Å². The van der Waals surface area contributed by atoms with E-state index in [4.69, 9.17) is 0 Å². The smallest absolute Gasteiger partial charge is 0.264 e. The maximum Gasteiger partial charge on any atom is 0.264 e. The molecule has 4 nitrogen and oxygen atoms in total. The zero-order valence-electron chi connectivity index (χ0n) is 13.6. The number of hydrogen-bond acceptors (Lipinski definition) is 3. The van der Waals surface area contributed by atoms with Crippen molar-refractivity contribution in [3.63, 3.8) is 0 Å². The molecule has 0 unspecified atom stereocenters. The highest BCUT2D eigenvalue weighted by molar-refractivity contribution is 7.14. The van der Waals surface area contributed by atoms with Gasteiger partial charge < -0.3 is 9.47 Å². The van der Waals surface area contributed by atoms with Crippen molar-refractivity contribution >= 4 is 17.2 Å². The molecule has 2 aliphatic rings. The number of rotatable bonds is 3. The summed E-state index contributed by atoms with van der Waals surface area (Å²) < 4.78 is 2.27. The van der Waals surface area contributed by atoms with Gasteiger partial charge >= 0.3 is 0 Å². The Labute approximate surface area is 141 Å². The minimum Gasteiger partial charge on any atom is -0.336 e. The van der Waals surface area contributed by atoms with Gasteiger partial charge in [0.1, 0.15) is 5.82 Å². The van der Waals surface area contributed by atoms with Gasteiger partial charge in [0.2, 0.25) is 0 Å². The topological polar surface area (TPSA) is 38.1 Å². The molecule has 0 aromatic carbocycles. The molecule has 122 valence electrons. The molecule has 1 amide bonds. The molecule has 5 heteroatoms. The Morgan fingerprint density at radius 3 is 3.13 bits per heavy atom. The Morgan fingerprint density at radius 2 is 2.30 bits per heavy atom. The summed E-state index contributed by atoms with van der Waals surface area (Å²) in [5.74, 6) is 1.35. The standard InChI is InChI=1S/C18H23N3OS/c1-2-17-19-8-10-21(17)14-6-4-9-20(12-14)18(22)16-11-13-5-3-7-15(13)23-16/h8,10-11,14H,2-7,9,12H2,1H3/t14-/m0/s1. The number of thiophene rings is 1. The number of piperidine rings is 1. The average Bonchev–Trinajstić information content (AvgIpc) is 3.29. The first kappa shape index (κ1) is 14.9. The van der Waals surface area contributed by atoms with Gasteiger partial charge in [-0.05, 0) is 43.7 Å². The molecule has 2 aromatic rings.